The number of hydrogen-bond donors (Lipinski definition) is 0. The Kier molecular flexibility index (Phi) is 7.17. The fourth-order valence-corrected chi connectivity index (χ4v) is 3.51. The quantitative estimate of drug-likeness (QED) is 0.220. The van der Waals surface area contributed by atoms with Crippen molar-refractivity contribution in [3.63, 3.8) is 0 Å². The van der Waals surface area contributed by atoms with Crippen LogP contribution in [-0.4, -0.2) is 18.5 Å². The number of carbonyl (C=O) groups excluding carboxylic acids is 2. The van der Waals surface area contributed by atoms with Gasteiger partial charge in [0.25, 0.3) is 0 Å². The molecule has 0 unspecified atom stereocenters. The molecular formula is C27H21ClO7. The summed E-state index contributed by atoms with van der Waals surface area (Å²) in [6.45, 7) is 3.85. The lowest BCUT2D eigenvalue weighted by atomic mass is 10.2. The summed E-state index contributed by atoms with van der Waals surface area (Å²) in [5.74, 6) is -0.244. The van der Waals surface area contributed by atoms with Gasteiger partial charge in [0.1, 0.15) is 22.8 Å². The molecule has 1 heterocycles. The van der Waals surface area contributed by atoms with Crippen LogP contribution in [0.5, 0.6) is 17.2 Å². The van der Waals surface area contributed by atoms with Crippen LogP contribution in [0.2, 0.25) is 5.02 Å². The Hall–Kier alpha value is -4.10. The molecule has 0 radical (unpaired) electrons. The van der Waals surface area contributed by atoms with Crippen molar-refractivity contribution >= 4 is 34.5 Å². The van der Waals surface area contributed by atoms with Gasteiger partial charge in [-0.3, -0.25) is 4.79 Å². The van der Waals surface area contributed by atoms with E-state index in [9.17, 15) is 14.4 Å². The molecule has 0 fully saturated rings. The Morgan fingerprint density at radius 1 is 0.943 bits per heavy atom. The van der Waals surface area contributed by atoms with Crippen LogP contribution in [0, 0.1) is 6.92 Å². The predicted molar refractivity (Wildman–Crippen MR) is 131 cm³/mol. The molecule has 0 spiro atoms. The third-order valence-corrected chi connectivity index (χ3v) is 5.37. The second kappa shape index (κ2) is 10.4. The van der Waals surface area contributed by atoms with Crippen molar-refractivity contribution in [1.82, 2.24) is 0 Å². The number of benzene rings is 3. The number of halogens is 1. The van der Waals surface area contributed by atoms with Crippen LogP contribution >= 0.6 is 11.6 Å². The van der Waals surface area contributed by atoms with E-state index in [4.69, 9.17) is 30.2 Å². The van der Waals surface area contributed by atoms with Crippen LogP contribution < -0.4 is 14.9 Å². The number of hydrogen-bond acceptors (Lipinski definition) is 7. The van der Waals surface area contributed by atoms with Crippen molar-refractivity contribution in [3.8, 4) is 17.2 Å². The van der Waals surface area contributed by atoms with Crippen LogP contribution in [0.15, 0.2) is 75.9 Å². The average molecular weight is 493 g/mol. The van der Waals surface area contributed by atoms with Gasteiger partial charge in [-0.15, -0.1) is 0 Å². The van der Waals surface area contributed by atoms with Gasteiger partial charge in [0, 0.05) is 6.07 Å². The third kappa shape index (κ3) is 5.36. The van der Waals surface area contributed by atoms with Gasteiger partial charge >= 0.3 is 11.9 Å². The van der Waals surface area contributed by atoms with Gasteiger partial charge in [-0.2, -0.15) is 0 Å². The van der Waals surface area contributed by atoms with E-state index in [0.29, 0.717) is 17.9 Å². The summed E-state index contributed by atoms with van der Waals surface area (Å²) in [5, 5.41) is 0.524. The molecular weight excluding hydrogens is 472 g/mol. The smallest absolute Gasteiger partial charge is 0.345 e. The lowest BCUT2D eigenvalue weighted by Gasteiger charge is -2.10. The van der Waals surface area contributed by atoms with E-state index in [-0.39, 0.29) is 44.2 Å². The molecule has 0 aliphatic rings. The molecule has 35 heavy (non-hydrogen) atoms. The second-order valence-electron chi connectivity index (χ2n) is 7.61. The molecule has 0 saturated carbocycles. The minimum Gasteiger partial charge on any atom is -0.462 e. The van der Waals surface area contributed by atoms with Gasteiger partial charge in [-0.25, -0.2) is 9.59 Å². The summed E-state index contributed by atoms with van der Waals surface area (Å²) < 4.78 is 22.1. The van der Waals surface area contributed by atoms with E-state index in [2.05, 4.69) is 0 Å². The lowest BCUT2D eigenvalue weighted by Crippen LogP contribution is -2.10. The Labute approximate surface area is 205 Å². The molecule has 7 nitrogen and oxygen atoms in total. The van der Waals surface area contributed by atoms with Crippen LogP contribution in [0.3, 0.4) is 0 Å². The zero-order chi connectivity index (χ0) is 24.9. The fraction of sp³-hybridized carbons (Fsp3) is 0.148. The van der Waals surface area contributed by atoms with Crippen molar-refractivity contribution in [2.45, 2.75) is 20.3 Å². The van der Waals surface area contributed by atoms with E-state index < -0.39 is 11.9 Å². The molecule has 8 heteroatoms. The molecule has 0 saturated heterocycles. The largest absolute Gasteiger partial charge is 0.462 e. The van der Waals surface area contributed by atoms with Gasteiger partial charge in [0.2, 0.25) is 11.2 Å². The van der Waals surface area contributed by atoms with E-state index in [1.807, 2.05) is 6.92 Å². The summed E-state index contributed by atoms with van der Waals surface area (Å²) in [6.07, 6.45) is 0.731. The van der Waals surface area contributed by atoms with E-state index in [1.165, 1.54) is 18.2 Å². The van der Waals surface area contributed by atoms with Gasteiger partial charge < -0.3 is 18.6 Å². The maximum atomic E-state index is 13.1. The predicted octanol–water partition coefficient (Wildman–Crippen LogP) is 6.33. The molecule has 0 atom stereocenters. The third-order valence-electron chi connectivity index (χ3n) is 5.04. The topological polar surface area (TPSA) is 92.0 Å². The first-order chi connectivity index (χ1) is 16.9. The molecule has 0 N–H and O–H groups in total. The standard InChI is InChI=1S/C27H21ClO7/c1-3-14-32-26(30)17-8-10-18(11-9-17)34-25-16(2)33-23-15-19(12-13-21(23)24(25)29)35-27(31)20-6-4-5-7-22(20)28/h4-13,15H,3,14H2,1-2H3. The molecule has 1 aromatic heterocycles. The van der Waals surface area contributed by atoms with Crippen molar-refractivity contribution in [3.05, 3.63) is 98.9 Å². The fourth-order valence-electron chi connectivity index (χ4n) is 3.29. The zero-order valence-electron chi connectivity index (χ0n) is 19.0. The molecule has 4 aromatic rings. The summed E-state index contributed by atoms with van der Waals surface area (Å²) in [5.41, 5.74) is 0.449. The molecule has 178 valence electrons. The zero-order valence-corrected chi connectivity index (χ0v) is 19.8. The maximum absolute atomic E-state index is 13.1. The maximum Gasteiger partial charge on any atom is 0.345 e. The van der Waals surface area contributed by atoms with Gasteiger partial charge in [0.05, 0.1) is 28.1 Å². The number of fused-ring (bicyclic) bond motifs is 1. The number of ether oxygens (including phenoxy) is 3. The monoisotopic (exact) mass is 492 g/mol. The van der Waals surface area contributed by atoms with Crippen LogP contribution in [0.25, 0.3) is 11.0 Å². The Morgan fingerprint density at radius 3 is 2.37 bits per heavy atom. The number of aryl methyl sites for hydroxylation is 1. The van der Waals surface area contributed by atoms with Gasteiger partial charge in [-0.05, 0) is 61.9 Å². The molecule has 0 aliphatic carbocycles. The van der Waals surface area contributed by atoms with Crippen LogP contribution in [0.1, 0.15) is 39.8 Å². The highest BCUT2D eigenvalue weighted by Crippen LogP contribution is 2.28. The first kappa shape index (κ1) is 24.0. The summed E-state index contributed by atoms with van der Waals surface area (Å²) in [4.78, 5) is 37.4. The molecule has 0 amide bonds. The first-order valence-corrected chi connectivity index (χ1v) is 11.2. The first-order valence-electron chi connectivity index (χ1n) is 10.9. The van der Waals surface area contributed by atoms with Crippen LogP contribution in [0.4, 0.5) is 0 Å². The van der Waals surface area contributed by atoms with E-state index >= 15 is 0 Å². The number of esters is 2. The second-order valence-corrected chi connectivity index (χ2v) is 8.01. The highest BCUT2D eigenvalue weighted by molar-refractivity contribution is 6.33. The number of rotatable bonds is 7. The van der Waals surface area contributed by atoms with Gasteiger partial charge in [-0.1, -0.05) is 30.7 Å². The average Bonchev–Trinajstić information content (AvgIpc) is 2.85. The highest BCUT2D eigenvalue weighted by atomic mass is 35.5. The molecule has 0 bridgehead atoms. The Balaban J connectivity index is 1.56. The van der Waals surface area contributed by atoms with E-state index in [0.717, 1.165) is 6.42 Å². The van der Waals surface area contributed by atoms with Crippen molar-refractivity contribution in [2.75, 3.05) is 6.61 Å². The minimum atomic E-state index is -0.629. The summed E-state index contributed by atoms with van der Waals surface area (Å²) >= 11 is 6.05. The van der Waals surface area contributed by atoms with Gasteiger partial charge in [0.15, 0.2) is 0 Å². The van der Waals surface area contributed by atoms with E-state index in [1.54, 1.807) is 55.5 Å². The Bertz CT molecular complexity index is 1460. The van der Waals surface area contributed by atoms with Crippen LogP contribution in [-0.2, 0) is 4.74 Å². The summed E-state index contributed by atoms with van der Waals surface area (Å²) in [7, 11) is 0. The summed E-state index contributed by atoms with van der Waals surface area (Å²) in [6, 6.07) is 17.2. The molecule has 4 rings (SSSR count). The van der Waals surface area contributed by atoms with Crippen molar-refractivity contribution in [2.24, 2.45) is 0 Å². The normalized spacial score (nSPS) is 10.7. The SMILES string of the molecule is CCCOC(=O)c1ccc(Oc2c(C)oc3cc(OC(=O)c4ccccc4Cl)ccc3c2=O)cc1. The van der Waals surface area contributed by atoms with Crippen molar-refractivity contribution in [1.29, 1.82) is 0 Å². The van der Waals surface area contributed by atoms with Crippen molar-refractivity contribution < 1.29 is 28.2 Å². The minimum absolute atomic E-state index is 0.0135. The molecule has 3 aromatic carbocycles. The Morgan fingerprint density at radius 2 is 1.66 bits per heavy atom. The highest BCUT2D eigenvalue weighted by Gasteiger charge is 2.17. The lowest BCUT2D eigenvalue weighted by molar-refractivity contribution is 0.0504. The molecule has 0 aliphatic heterocycles. The number of carbonyl (C=O) groups is 2.